The number of rotatable bonds is 2. The molecular weight excluding hydrogens is 329 g/mol. The minimum absolute atomic E-state index is 0.0234. The Morgan fingerprint density at radius 2 is 1.92 bits per heavy atom. The van der Waals surface area contributed by atoms with Gasteiger partial charge in [0.15, 0.2) is 11.1 Å². The molecule has 3 rings (SSSR count). The molecule has 0 radical (unpaired) electrons. The molecule has 132 valence electrons. The maximum atomic E-state index is 13.2. The van der Waals surface area contributed by atoms with Crippen molar-refractivity contribution >= 4 is 11.9 Å². The van der Waals surface area contributed by atoms with Crippen molar-refractivity contribution < 1.29 is 32.4 Å². The standard InChI is InChI=1S/C15H17F3N2O4/c16-15(17,18)14(13(22)23)6-7-20(8-14)12(21)11-9-4-2-1-3-5-10(9)24-19-11/h1-8H2,(H,22,23). The van der Waals surface area contributed by atoms with Gasteiger partial charge in [-0.3, -0.25) is 9.59 Å². The number of aromatic nitrogens is 1. The molecule has 1 aromatic rings. The van der Waals surface area contributed by atoms with Crippen LogP contribution in [0.4, 0.5) is 13.2 Å². The second kappa shape index (κ2) is 5.78. The van der Waals surface area contributed by atoms with Crippen molar-refractivity contribution in [1.29, 1.82) is 0 Å². The summed E-state index contributed by atoms with van der Waals surface area (Å²) in [6.07, 6.45) is -1.58. The lowest BCUT2D eigenvalue weighted by Gasteiger charge is -2.27. The molecule has 0 saturated carbocycles. The number of fused-ring (bicyclic) bond motifs is 1. The van der Waals surface area contributed by atoms with E-state index in [4.69, 9.17) is 9.63 Å². The van der Waals surface area contributed by atoms with Crippen LogP contribution in [0.3, 0.4) is 0 Å². The predicted molar refractivity (Wildman–Crippen MR) is 74.4 cm³/mol. The summed E-state index contributed by atoms with van der Waals surface area (Å²) in [6.45, 7) is -1.17. The minimum Gasteiger partial charge on any atom is -0.481 e. The minimum atomic E-state index is -4.92. The van der Waals surface area contributed by atoms with Crippen LogP contribution in [0.25, 0.3) is 0 Å². The number of aliphatic carboxylic acids is 1. The number of alkyl halides is 3. The number of hydrogen-bond donors (Lipinski definition) is 1. The molecule has 0 bridgehead atoms. The van der Waals surface area contributed by atoms with Crippen molar-refractivity contribution in [3.05, 3.63) is 17.0 Å². The number of carbonyl (C=O) groups is 2. The van der Waals surface area contributed by atoms with Gasteiger partial charge in [0, 0.05) is 25.1 Å². The maximum Gasteiger partial charge on any atom is 0.406 e. The topological polar surface area (TPSA) is 83.6 Å². The Kier molecular flexibility index (Phi) is 4.05. The van der Waals surface area contributed by atoms with Gasteiger partial charge < -0.3 is 14.5 Å². The van der Waals surface area contributed by atoms with Gasteiger partial charge in [-0.1, -0.05) is 11.6 Å². The molecule has 6 nitrogen and oxygen atoms in total. The molecule has 24 heavy (non-hydrogen) atoms. The van der Waals surface area contributed by atoms with E-state index >= 15 is 0 Å². The molecular formula is C15H17F3N2O4. The highest BCUT2D eigenvalue weighted by molar-refractivity contribution is 5.94. The zero-order valence-corrected chi connectivity index (χ0v) is 12.9. The summed E-state index contributed by atoms with van der Waals surface area (Å²) in [5.74, 6) is -2.03. The molecule has 1 N–H and O–H groups in total. The van der Waals surface area contributed by atoms with E-state index < -0.39 is 36.4 Å². The highest BCUT2D eigenvalue weighted by Crippen LogP contribution is 2.46. The first-order valence-electron chi connectivity index (χ1n) is 7.83. The van der Waals surface area contributed by atoms with Gasteiger partial charge in [0.05, 0.1) is 0 Å². The van der Waals surface area contributed by atoms with Crippen LogP contribution >= 0.6 is 0 Å². The third-order valence-corrected chi connectivity index (χ3v) is 4.91. The van der Waals surface area contributed by atoms with Crippen LogP contribution in [-0.2, 0) is 17.6 Å². The Hall–Kier alpha value is -2.06. The largest absolute Gasteiger partial charge is 0.481 e. The molecule has 1 unspecified atom stereocenters. The average molecular weight is 346 g/mol. The molecule has 0 aromatic carbocycles. The zero-order chi connectivity index (χ0) is 17.5. The first kappa shape index (κ1) is 16.8. The summed E-state index contributed by atoms with van der Waals surface area (Å²) in [5.41, 5.74) is -2.24. The predicted octanol–water partition coefficient (Wildman–Crippen LogP) is 2.42. The van der Waals surface area contributed by atoms with Gasteiger partial charge in [0.2, 0.25) is 0 Å². The average Bonchev–Trinajstić information content (AvgIpc) is 3.06. The Morgan fingerprint density at radius 3 is 2.54 bits per heavy atom. The van der Waals surface area contributed by atoms with Crippen molar-refractivity contribution in [2.75, 3.05) is 13.1 Å². The number of amides is 1. The van der Waals surface area contributed by atoms with Gasteiger partial charge in [-0.25, -0.2) is 0 Å². The molecule has 2 aliphatic rings. The van der Waals surface area contributed by atoms with Crippen molar-refractivity contribution in [3.8, 4) is 0 Å². The van der Waals surface area contributed by atoms with E-state index in [1.807, 2.05) is 0 Å². The van der Waals surface area contributed by atoms with E-state index in [0.29, 0.717) is 24.2 Å². The van der Waals surface area contributed by atoms with E-state index in [1.165, 1.54) is 0 Å². The van der Waals surface area contributed by atoms with Gasteiger partial charge in [-0.15, -0.1) is 0 Å². The molecule has 1 aliphatic heterocycles. The first-order valence-corrected chi connectivity index (χ1v) is 7.83. The van der Waals surface area contributed by atoms with Gasteiger partial charge in [0.1, 0.15) is 5.76 Å². The normalized spacial score (nSPS) is 24.5. The van der Waals surface area contributed by atoms with Crippen LogP contribution in [-0.4, -0.2) is 46.3 Å². The fraction of sp³-hybridized carbons (Fsp3) is 0.667. The molecule has 1 aliphatic carbocycles. The van der Waals surface area contributed by atoms with Crippen LogP contribution in [0.2, 0.25) is 0 Å². The Balaban J connectivity index is 1.85. The van der Waals surface area contributed by atoms with Crippen molar-refractivity contribution in [2.24, 2.45) is 5.41 Å². The fourth-order valence-electron chi connectivity index (χ4n) is 3.39. The van der Waals surface area contributed by atoms with E-state index in [2.05, 4.69) is 5.16 Å². The lowest BCUT2D eigenvalue weighted by molar-refractivity contribution is -0.227. The SMILES string of the molecule is O=C(c1noc2c1CCCCC2)N1CCC(C(=O)O)(C(F)(F)F)C1. The summed E-state index contributed by atoms with van der Waals surface area (Å²) in [5, 5.41) is 12.8. The summed E-state index contributed by atoms with van der Waals surface area (Å²) in [4.78, 5) is 24.7. The Bertz CT molecular complexity index is 670. The molecule has 1 saturated heterocycles. The van der Waals surface area contributed by atoms with Crippen LogP contribution in [0, 0.1) is 5.41 Å². The lowest BCUT2D eigenvalue weighted by Crippen LogP contribution is -2.47. The molecule has 1 fully saturated rings. The third kappa shape index (κ3) is 2.55. The number of nitrogens with zero attached hydrogens (tertiary/aromatic N) is 2. The van der Waals surface area contributed by atoms with Gasteiger partial charge in [-0.05, 0) is 25.7 Å². The van der Waals surface area contributed by atoms with E-state index in [-0.39, 0.29) is 12.2 Å². The van der Waals surface area contributed by atoms with E-state index in [0.717, 1.165) is 24.2 Å². The van der Waals surface area contributed by atoms with E-state index in [9.17, 15) is 22.8 Å². The number of halogens is 3. The van der Waals surface area contributed by atoms with Crippen LogP contribution < -0.4 is 0 Å². The van der Waals surface area contributed by atoms with E-state index in [1.54, 1.807) is 0 Å². The number of hydrogen-bond acceptors (Lipinski definition) is 4. The fourth-order valence-corrected chi connectivity index (χ4v) is 3.39. The van der Waals surface area contributed by atoms with Gasteiger partial charge in [0.25, 0.3) is 5.91 Å². The third-order valence-electron chi connectivity index (χ3n) is 4.91. The van der Waals surface area contributed by atoms with Crippen LogP contribution in [0.1, 0.15) is 47.5 Å². The zero-order valence-electron chi connectivity index (χ0n) is 12.9. The highest BCUT2D eigenvalue weighted by Gasteiger charge is 2.64. The van der Waals surface area contributed by atoms with Crippen molar-refractivity contribution in [2.45, 2.75) is 44.7 Å². The summed E-state index contributed by atoms with van der Waals surface area (Å²) >= 11 is 0. The summed E-state index contributed by atoms with van der Waals surface area (Å²) < 4.78 is 44.8. The molecule has 1 atom stereocenters. The molecule has 9 heteroatoms. The maximum absolute atomic E-state index is 13.2. The Labute approximate surface area is 135 Å². The molecule has 0 spiro atoms. The van der Waals surface area contributed by atoms with Gasteiger partial charge >= 0.3 is 12.1 Å². The summed E-state index contributed by atoms with van der Waals surface area (Å²) in [6, 6.07) is 0. The van der Waals surface area contributed by atoms with Gasteiger partial charge in [-0.2, -0.15) is 13.2 Å². The summed E-state index contributed by atoms with van der Waals surface area (Å²) in [7, 11) is 0. The van der Waals surface area contributed by atoms with Crippen molar-refractivity contribution in [3.63, 3.8) is 0 Å². The number of carboxylic acid groups (broad SMARTS) is 1. The lowest BCUT2D eigenvalue weighted by atomic mass is 9.86. The molecule has 1 aromatic heterocycles. The van der Waals surface area contributed by atoms with Crippen LogP contribution in [0.5, 0.6) is 0 Å². The second-order valence-electron chi connectivity index (χ2n) is 6.36. The quantitative estimate of drug-likeness (QED) is 0.832. The number of carboxylic acids is 1. The van der Waals surface area contributed by atoms with Crippen LogP contribution in [0.15, 0.2) is 4.52 Å². The highest BCUT2D eigenvalue weighted by atomic mass is 19.4. The molecule has 2 heterocycles. The first-order chi connectivity index (χ1) is 11.3. The number of carbonyl (C=O) groups excluding carboxylic acids is 1. The number of aryl methyl sites for hydroxylation is 1. The molecule has 1 amide bonds. The Morgan fingerprint density at radius 1 is 1.21 bits per heavy atom. The smallest absolute Gasteiger partial charge is 0.406 e. The second-order valence-corrected chi connectivity index (χ2v) is 6.36. The van der Waals surface area contributed by atoms with Crippen molar-refractivity contribution in [1.82, 2.24) is 10.1 Å². The monoisotopic (exact) mass is 346 g/mol. The number of likely N-dealkylation sites (tertiary alicyclic amines) is 1.